The van der Waals surface area contributed by atoms with Gasteiger partial charge in [0.2, 0.25) is 0 Å². The lowest BCUT2D eigenvalue weighted by Gasteiger charge is -2.15. The summed E-state index contributed by atoms with van der Waals surface area (Å²) >= 11 is 0. The number of pyridine rings is 1. The summed E-state index contributed by atoms with van der Waals surface area (Å²) in [6.45, 7) is 6.56. The molecule has 0 aliphatic rings. The van der Waals surface area contributed by atoms with Crippen molar-refractivity contribution in [2.24, 2.45) is 0 Å². The Hall–Kier alpha value is -3.14. The van der Waals surface area contributed by atoms with Crippen LogP contribution in [0.5, 0.6) is 5.75 Å². The van der Waals surface area contributed by atoms with Crippen molar-refractivity contribution >= 4 is 5.97 Å². The SMILES string of the molecule is CCOC(=O)c1ccc(-c2c(OCc3ccccc3)cc(C)nc2C)cc1. The van der Waals surface area contributed by atoms with E-state index in [1.165, 1.54) is 0 Å². The molecular formula is C23H23NO3. The van der Waals surface area contributed by atoms with Crippen LogP contribution in [0.2, 0.25) is 0 Å². The van der Waals surface area contributed by atoms with Crippen LogP contribution in [0, 0.1) is 13.8 Å². The monoisotopic (exact) mass is 361 g/mol. The molecule has 0 saturated heterocycles. The van der Waals surface area contributed by atoms with Crippen LogP contribution in [-0.2, 0) is 11.3 Å². The second kappa shape index (κ2) is 8.49. The molecule has 0 aliphatic heterocycles. The van der Waals surface area contributed by atoms with E-state index in [1.54, 1.807) is 19.1 Å². The molecule has 0 fully saturated rings. The number of carbonyl (C=O) groups excluding carboxylic acids is 1. The number of ether oxygens (including phenoxy) is 2. The molecule has 3 rings (SSSR count). The number of esters is 1. The number of nitrogens with zero attached hydrogens (tertiary/aromatic N) is 1. The summed E-state index contributed by atoms with van der Waals surface area (Å²) < 4.78 is 11.2. The Morgan fingerprint density at radius 1 is 1.00 bits per heavy atom. The first kappa shape index (κ1) is 18.6. The summed E-state index contributed by atoms with van der Waals surface area (Å²) in [5.41, 5.74) is 5.32. The van der Waals surface area contributed by atoms with Gasteiger partial charge in [-0.1, -0.05) is 42.5 Å². The third-order valence-corrected chi connectivity index (χ3v) is 4.21. The van der Waals surface area contributed by atoms with Crippen molar-refractivity contribution in [2.75, 3.05) is 6.61 Å². The minimum atomic E-state index is -0.316. The topological polar surface area (TPSA) is 48.4 Å². The summed E-state index contributed by atoms with van der Waals surface area (Å²) in [5, 5.41) is 0. The van der Waals surface area contributed by atoms with E-state index in [4.69, 9.17) is 9.47 Å². The van der Waals surface area contributed by atoms with Crippen molar-refractivity contribution < 1.29 is 14.3 Å². The Kier molecular flexibility index (Phi) is 5.87. The predicted molar refractivity (Wildman–Crippen MR) is 106 cm³/mol. The van der Waals surface area contributed by atoms with E-state index in [9.17, 15) is 4.79 Å². The van der Waals surface area contributed by atoms with Gasteiger partial charge in [0.15, 0.2) is 0 Å². The highest BCUT2D eigenvalue weighted by Crippen LogP contribution is 2.33. The van der Waals surface area contributed by atoms with E-state index < -0.39 is 0 Å². The molecule has 1 heterocycles. The number of aryl methyl sites for hydroxylation is 2. The number of rotatable bonds is 6. The van der Waals surface area contributed by atoms with E-state index >= 15 is 0 Å². The van der Waals surface area contributed by atoms with E-state index in [1.807, 2.05) is 62.4 Å². The van der Waals surface area contributed by atoms with Crippen molar-refractivity contribution in [3.63, 3.8) is 0 Å². The molecule has 2 aromatic carbocycles. The first-order chi connectivity index (χ1) is 13.1. The molecule has 0 aliphatic carbocycles. The quantitative estimate of drug-likeness (QED) is 0.572. The van der Waals surface area contributed by atoms with Crippen LogP contribution in [0.25, 0.3) is 11.1 Å². The average molecular weight is 361 g/mol. The largest absolute Gasteiger partial charge is 0.488 e. The number of carbonyl (C=O) groups is 1. The highest BCUT2D eigenvalue weighted by Gasteiger charge is 2.14. The Morgan fingerprint density at radius 3 is 2.37 bits per heavy atom. The molecule has 138 valence electrons. The smallest absolute Gasteiger partial charge is 0.338 e. The van der Waals surface area contributed by atoms with E-state index in [-0.39, 0.29) is 5.97 Å². The zero-order chi connectivity index (χ0) is 19.2. The zero-order valence-corrected chi connectivity index (χ0v) is 15.9. The number of benzene rings is 2. The molecule has 0 amide bonds. The average Bonchev–Trinajstić information content (AvgIpc) is 2.67. The van der Waals surface area contributed by atoms with Crippen LogP contribution < -0.4 is 4.74 Å². The maximum Gasteiger partial charge on any atom is 0.338 e. The Morgan fingerprint density at radius 2 is 1.70 bits per heavy atom. The number of aromatic nitrogens is 1. The normalized spacial score (nSPS) is 10.5. The highest BCUT2D eigenvalue weighted by atomic mass is 16.5. The van der Waals surface area contributed by atoms with Crippen LogP contribution in [0.15, 0.2) is 60.7 Å². The Balaban J connectivity index is 1.91. The van der Waals surface area contributed by atoms with Gasteiger partial charge in [0.1, 0.15) is 12.4 Å². The van der Waals surface area contributed by atoms with Crippen LogP contribution in [0.1, 0.15) is 34.2 Å². The third-order valence-electron chi connectivity index (χ3n) is 4.21. The van der Waals surface area contributed by atoms with Crippen molar-refractivity contribution in [1.82, 2.24) is 4.98 Å². The van der Waals surface area contributed by atoms with E-state index in [0.29, 0.717) is 18.8 Å². The van der Waals surface area contributed by atoms with Gasteiger partial charge in [-0.3, -0.25) is 4.98 Å². The van der Waals surface area contributed by atoms with Gasteiger partial charge in [-0.25, -0.2) is 4.79 Å². The molecular weight excluding hydrogens is 338 g/mol. The van der Waals surface area contributed by atoms with Gasteiger partial charge in [0, 0.05) is 23.0 Å². The minimum Gasteiger partial charge on any atom is -0.488 e. The summed E-state index contributed by atoms with van der Waals surface area (Å²) in [5.74, 6) is 0.469. The summed E-state index contributed by atoms with van der Waals surface area (Å²) in [6.07, 6.45) is 0. The van der Waals surface area contributed by atoms with Gasteiger partial charge in [-0.15, -0.1) is 0 Å². The first-order valence-electron chi connectivity index (χ1n) is 9.01. The molecule has 4 nitrogen and oxygen atoms in total. The van der Waals surface area contributed by atoms with Gasteiger partial charge in [0.25, 0.3) is 0 Å². The molecule has 0 bridgehead atoms. The van der Waals surface area contributed by atoms with Crippen LogP contribution in [0.4, 0.5) is 0 Å². The van der Waals surface area contributed by atoms with Gasteiger partial charge in [-0.05, 0) is 44.0 Å². The summed E-state index contributed by atoms with van der Waals surface area (Å²) in [7, 11) is 0. The first-order valence-corrected chi connectivity index (χ1v) is 9.01. The highest BCUT2D eigenvalue weighted by molar-refractivity contribution is 5.90. The van der Waals surface area contributed by atoms with E-state index in [2.05, 4.69) is 4.98 Å². The number of hydrogen-bond donors (Lipinski definition) is 0. The zero-order valence-electron chi connectivity index (χ0n) is 15.9. The van der Waals surface area contributed by atoms with Crippen molar-refractivity contribution in [3.8, 4) is 16.9 Å². The van der Waals surface area contributed by atoms with Crippen LogP contribution in [0.3, 0.4) is 0 Å². The number of hydrogen-bond acceptors (Lipinski definition) is 4. The molecule has 0 saturated carbocycles. The molecule has 0 atom stereocenters. The Bertz CT molecular complexity index is 918. The van der Waals surface area contributed by atoms with Gasteiger partial charge >= 0.3 is 5.97 Å². The lowest BCUT2D eigenvalue weighted by molar-refractivity contribution is 0.0526. The van der Waals surface area contributed by atoms with Crippen LogP contribution >= 0.6 is 0 Å². The second-order valence-electron chi connectivity index (χ2n) is 6.29. The van der Waals surface area contributed by atoms with Crippen molar-refractivity contribution in [2.45, 2.75) is 27.4 Å². The molecule has 0 radical (unpaired) electrons. The van der Waals surface area contributed by atoms with Gasteiger partial charge < -0.3 is 9.47 Å². The maximum atomic E-state index is 11.9. The molecule has 0 N–H and O–H groups in total. The Labute approximate surface area is 159 Å². The molecule has 4 heteroatoms. The fourth-order valence-corrected chi connectivity index (χ4v) is 2.98. The van der Waals surface area contributed by atoms with Crippen molar-refractivity contribution in [3.05, 3.63) is 83.2 Å². The van der Waals surface area contributed by atoms with Crippen LogP contribution in [-0.4, -0.2) is 17.6 Å². The summed E-state index contributed by atoms with van der Waals surface area (Å²) in [4.78, 5) is 16.5. The fourth-order valence-electron chi connectivity index (χ4n) is 2.98. The van der Waals surface area contributed by atoms with E-state index in [0.717, 1.165) is 33.8 Å². The van der Waals surface area contributed by atoms with Gasteiger partial charge in [-0.2, -0.15) is 0 Å². The summed E-state index contributed by atoms with van der Waals surface area (Å²) in [6, 6.07) is 19.4. The molecule has 0 unspecified atom stereocenters. The van der Waals surface area contributed by atoms with Gasteiger partial charge in [0.05, 0.1) is 12.2 Å². The minimum absolute atomic E-state index is 0.316. The predicted octanol–water partition coefficient (Wildman–Crippen LogP) is 5.12. The fraction of sp³-hybridized carbons (Fsp3) is 0.217. The molecule has 1 aromatic heterocycles. The van der Waals surface area contributed by atoms with Crippen molar-refractivity contribution in [1.29, 1.82) is 0 Å². The standard InChI is InChI=1S/C23H23NO3/c1-4-26-23(25)20-12-10-19(11-13-20)22-17(3)24-16(2)14-21(22)27-15-18-8-6-5-7-9-18/h5-14H,4,15H2,1-3H3. The maximum absolute atomic E-state index is 11.9. The molecule has 3 aromatic rings. The molecule has 0 spiro atoms. The third kappa shape index (κ3) is 4.53. The molecule has 27 heavy (non-hydrogen) atoms. The second-order valence-corrected chi connectivity index (χ2v) is 6.29. The lowest BCUT2D eigenvalue weighted by atomic mass is 10.0. The lowest BCUT2D eigenvalue weighted by Crippen LogP contribution is -2.04.